The minimum atomic E-state index is 0.455. The minimum absolute atomic E-state index is 0.455. The zero-order valence-corrected chi connectivity index (χ0v) is 16.9. The Morgan fingerprint density at radius 3 is 2.83 bits per heavy atom. The second-order valence-corrected chi connectivity index (χ2v) is 7.32. The highest BCUT2D eigenvalue weighted by Crippen LogP contribution is 2.23. The van der Waals surface area contributed by atoms with Crippen LogP contribution in [0.3, 0.4) is 0 Å². The van der Waals surface area contributed by atoms with Gasteiger partial charge in [0, 0.05) is 37.0 Å². The summed E-state index contributed by atoms with van der Waals surface area (Å²) in [7, 11) is 1.66. The molecule has 2 N–H and O–H groups in total. The molecule has 7 nitrogen and oxygen atoms in total. The average molecular weight is 400 g/mol. The molecule has 0 bridgehead atoms. The molecule has 0 spiro atoms. The van der Waals surface area contributed by atoms with Crippen LogP contribution in [0, 0.1) is 11.3 Å². The Morgan fingerprint density at radius 1 is 1.23 bits per heavy atom. The van der Waals surface area contributed by atoms with Gasteiger partial charge in [0.05, 0.1) is 30.3 Å². The minimum Gasteiger partial charge on any atom is -0.497 e. The number of methoxy groups -OCH3 is 1. The van der Waals surface area contributed by atoms with E-state index < -0.39 is 0 Å². The van der Waals surface area contributed by atoms with Crippen LogP contribution in [-0.4, -0.2) is 41.2 Å². The smallest absolute Gasteiger partial charge is 0.148 e. The summed E-state index contributed by atoms with van der Waals surface area (Å²) in [6, 6.07) is 12.3. The molecule has 0 saturated carbocycles. The molecule has 1 aliphatic rings. The first-order valence-corrected chi connectivity index (χ1v) is 10.1. The quantitative estimate of drug-likeness (QED) is 0.629. The average Bonchev–Trinajstić information content (AvgIpc) is 3.32. The van der Waals surface area contributed by atoms with Crippen molar-refractivity contribution < 1.29 is 4.74 Å². The lowest BCUT2D eigenvalue weighted by atomic mass is 10.1. The van der Waals surface area contributed by atoms with E-state index in [9.17, 15) is 0 Å². The van der Waals surface area contributed by atoms with Crippen molar-refractivity contribution in [2.24, 2.45) is 0 Å². The molecular weight excluding hydrogens is 376 g/mol. The summed E-state index contributed by atoms with van der Waals surface area (Å²) in [5.74, 6) is 1.61. The third-order valence-corrected chi connectivity index (χ3v) is 5.22. The van der Waals surface area contributed by atoms with Gasteiger partial charge in [-0.1, -0.05) is 12.1 Å². The highest BCUT2D eigenvalue weighted by Gasteiger charge is 2.16. The molecule has 3 aromatic rings. The van der Waals surface area contributed by atoms with E-state index in [1.165, 1.54) is 12.8 Å². The lowest BCUT2D eigenvalue weighted by molar-refractivity contribution is 0.414. The van der Waals surface area contributed by atoms with E-state index >= 15 is 0 Å². The number of hydrogen-bond acceptors (Lipinski definition) is 7. The van der Waals surface area contributed by atoms with Gasteiger partial charge in [-0.2, -0.15) is 5.26 Å². The summed E-state index contributed by atoms with van der Waals surface area (Å²) in [5, 5.41) is 16.1. The number of rotatable bonds is 7. The van der Waals surface area contributed by atoms with E-state index in [2.05, 4.69) is 26.7 Å². The predicted octanol–water partition coefficient (Wildman–Crippen LogP) is 3.17. The highest BCUT2D eigenvalue weighted by atomic mass is 16.5. The van der Waals surface area contributed by atoms with E-state index in [1.807, 2.05) is 24.3 Å². The van der Waals surface area contributed by atoms with Crippen molar-refractivity contribution in [2.75, 3.05) is 25.5 Å². The Balaban J connectivity index is 1.63. The van der Waals surface area contributed by atoms with E-state index in [-0.39, 0.29) is 0 Å². The highest BCUT2D eigenvalue weighted by molar-refractivity contribution is 5.61. The molecular formula is C23H24N6O. The maximum atomic E-state index is 9.17. The van der Waals surface area contributed by atoms with Crippen LogP contribution in [0.25, 0.3) is 11.3 Å². The third kappa shape index (κ3) is 4.73. The topological polar surface area (TPSA) is 95.8 Å². The van der Waals surface area contributed by atoms with Gasteiger partial charge in [0.2, 0.25) is 0 Å². The lowest BCUT2D eigenvalue weighted by Gasteiger charge is -2.15. The van der Waals surface area contributed by atoms with Gasteiger partial charge in [0.25, 0.3) is 0 Å². The number of hydrogen-bond donors (Lipinski definition) is 2. The molecule has 7 heteroatoms. The van der Waals surface area contributed by atoms with Gasteiger partial charge in [-0.25, -0.2) is 9.97 Å². The Labute approximate surface area is 176 Å². The van der Waals surface area contributed by atoms with Crippen molar-refractivity contribution in [1.29, 1.82) is 5.26 Å². The first-order valence-electron chi connectivity index (χ1n) is 10.1. The van der Waals surface area contributed by atoms with Gasteiger partial charge in [0.15, 0.2) is 0 Å². The van der Waals surface area contributed by atoms with Gasteiger partial charge >= 0.3 is 0 Å². The van der Waals surface area contributed by atoms with Gasteiger partial charge in [-0.3, -0.25) is 4.98 Å². The van der Waals surface area contributed by atoms with Crippen LogP contribution >= 0.6 is 0 Å². The number of pyridine rings is 1. The molecule has 30 heavy (non-hydrogen) atoms. The fourth-order valence-electron chi connectivity index (χ4n) is 3.57. The summed E-state index contributed by atoms with van der Waals surface area (Å²) in [5.41, 5.74) is 3.96. The summed E-state index contributed by atoms with van der Waals surface area (Å²) in [6.45, 7) is 1.88. The Bertz CT molecular complexity index is 1040. The number of aromatic nitrogens is 3. The molecule has 0 unspecified atom stereocenters. The monoisotopic (exact) mass is 400 g/mol. The zero-order chi connectivity index (χ0) is 20.8. The second kappa shape index (κ2) is 9.33. The molecule has 0 amide bonds. The molecule has 1 atom stereocenters. The van der Waals surface area contributed by atoms with E-state index in [0.29, 0.717) is 23.7 Å². The van der Waals surface area contributed by atoms with Crippen molar-refractivity contribution in [3.63, 3.8) is 0 Å². The van der Waals surface area contributed by atoms with E-state index in [0.717, 1.165) is 41.5 Å². The first kappa shape index (κ1) is 19.8. The van der Waals surface area contributed by atoms with Crippen LogP contribution in [-0.2, 0) is 6.42 Å². The van der Waals surface area contributed by atoms with Crippen LogP contribution in [0.1, 0.15) is 29.7 Å². The number of benzene rings is 1. The summed E-state index contributed by atoms with van der Waals surface area (Å²) in [6.07, 6.45) is 7.99. The van der Waals surface area contributed by atoms with E-state index in [1.54, 1.807) is 31.8 Å². The summed E-state index contributed by atoms with van der Waals surface area (Å²) in [4.78, 5) is 13.7. The Kier molecular flexibility index (Phi) is 6.16. The number of ether oxygens (including phenoxy) is 1. The Morgan fingerprint density at radius 2 is 2.10 bits per heavy atom. The number of anilines is 1. The van der Waals surface area contributed by atoms with Crippen molar-refractivity contribution >= 4 is 5.82 Å². The van der Waals surface area contributed by atoms with Gasteiger partial charge in [0.1, 0.15) is 17.6 Å². The number of nitrogens with one attached hydrogen (secondary N) is 2. The fourth-order valence-corrected chi connectivity index (χ4v) is 3.57. The van der Waals surface area contributed by atoms with Crippen LogP contribution in [0.2, 0.25) is 0 Å². The third-order valence-electron chi connectivity index (χ3n) is 5.22. The standard InChI is InChI=1S/C23H24N6O/c1-30-20-6-4-16(5-7-20)10-21-23(27-14-19-3-2-8-26-19)28-15-22(29-21)18-9-17(11-24)12-25-13-18/h4-7,9,12-13,15,19,26H,2-3,8,10,14H2,1H3,(H,27,28)/t19-/m0/s1. The van der Waals surface area contributed by atoms with Crippen LogP contribution < -0.4 is 15.4 Å². The number of nitriles is 1. The molecule has 1 aliphatic heterocycles. The lowest BCUT2D eigenvalue weighted by Crippen LogP contribution is -2.30. The summed E-state index contributed by atoms with van der Waals surface area (Å²) >= 11 is 0. The van der Waals surface area contributed by atoms with Gasteiger partial charge < -0.3 is 15.4 Å². The Hall–Kier alpha value is -3.50. The maximum Gasteiger partial charge on any atom is 0.148 e. The molecule has 0 radical (unpaired) electrons. The molecule has 2 aromatic heterocycles. The molecule has 1 aromatic carbocycles. The molecule has 152 valence electrons. The SMILES string of the molecule is COc1ccc(Cc2nc(-c3cncc(C#N)c3)cnc2NC[C@@H]2CCCN2)cc1. The normalized spacial score (nSPS) is 15.5. The van der Waals surface area contributed by atoms with Gasteiger partial charge in [-0.15, -0.1) is 0 Å². The molecule has 0 aliphatic carbocycles. The summed E-state index contributed by atoms with van der Waals surface area (Å²) < 4.78 is 5.26. The van der Waals surface area contributed by atoms with Crippen LogP contribution in [0.15, 0.2) is 48.9 Å². The zero-order valence-electron chi connectivity index (χ0n) is 16.9. The van der Waals surface area contributed by atoms with Gasteiger partial charge in [-0.05, 0) is 43.1 Å². The molecule has 1 saturated heterocycles. The van der Waals surface area contributed by atoms with Crippen molar-refractivity contribution in [3.8, 4) is 23.1 Å². The molecule has 3 heterocycles. The maximum absolute atomic E-state index is 9.17. The largest absolute Gasteiger partial charge is 0.497 e. The fraction of sp³-hybridized carbons (Fsp3) is 0.304. The van der Waals surface area contributed by atoms with Crippen molar-refractivity contribution in [2.45, 2.75) is 25.3 Å². The van der Waals surface area contributed by atoms with E-state index in [4.69, 9.17) is 15.0 Å². The first-order chi connectivity index (χ1) is 14.7. The molecule has 1 fully saturated rings. The van der Waals surface area contributed by atoms with Crippen LogP contribution in [0.5, 0.6) is 5.75 Å². The van der Waals surface area contributed by atoms with Crippen molar-refractivity contribution in [1.82, 2.24) is 20.3 Å². The predicted molar refractivity (Wildman–Crippen MR) is 115 cm³/mol. The van der Waals surface area contributed by atoms with Crippen LogP contribution in [0.4, 0.5) is 5.82 Å². The number of nitrogens with zero attached hydrogens (tertiary/aromatic N) is 4. The second-order valence-electron chi connectivity index (χ2n) is 7.32. The molecule has 4 rings (SSSR count). The van der Waals surface area contributed by atoms with Crippen molar-refractivity contribution in [3.05, 3.63) is 65.7 Å².